The maximum Gasteiger partial charge on any atom is 0.191 e. The van der Waals surface area contributed by atoms with Crippen LogP contribution in [0.2, 0.25) is 5.02 Å². The van der Waals surface area contributed by atoms with Crippen molar-refractivity contribution in [3.05, 3.63) is 53.1 Å². The number of ether oxygens (including phenoxy) is 1. The number of aromatic hydroxyl groups is 1. The van der Waals surface area contributed by atoms with Gasteiger partial charge in [-0.05, 0) is 54.7 Å². The van der Waals surface area contributed by atoms with Crippen molar-refractivity contribution in [2.45, 2.75) is 0 Å². The second-order valence-electron chi connectivity index (χ2n) is 4.26. The van der Waals surface area contributed by atoms with Crippen molar-refractivity contribution in [1.29, 1.82) is 0 Å². The van der Waals surface area contributed by atoms with Gasteiger partial charge in [-0.2, -0.15) is 5.10 Å². The van der Waals surface area contributed by atoms with Gasteiger partial charge in [-0.1, -0.05) is 11.6 Å². The molecule has 0 bridgehead atoms. The molecule has 0 saturated carbocycles. The summed E-state index contributed by atoms with van der Waals surface area (Å²) in [6, 6.07) is 12.0. The van der Waals surface area contributed by atoms with E-state index in [2.05, 4.69) is 15.8 Å². The van der Waals surface area contributed by atoms with E-state index in [1.165, 1.54) is 12.3 Å². The van der Waals surface area contributed by atoms with E-state index in [0.29, 0.717) is 15.7 Å². The van der Waals surface area contributed by atoms with Crippen LogP contribution in [0.1, 0.15) is 5.56 Å². The SMILES string of the molecule is COc1ccc(NC(=S)NN=Cc2cc(Cl)ccc2O)cc1. The van der Waals surface area contributed by atoms with E-state index in [9.17, 15) is 5.11 Å². The first-order valence-electron chi connectivity index (χ1n) is 6.31. The van der Waals surface area contributed by atoms with Crippen LogP contribution in [0.5, 0.6) is 11.5 Å². The van der Waals surface area contributed by atoms with Crippen LogP contribution in [0.15, 0.2) is 47.6 Å². The van der Waals surface area contributed by atoms with Gasteiger partial charge in [0.2, 0.25) is 0 Å². The van der Waals surface area contributed by atoms with Crippen molar-refractivity contribution in [3.8, 4) is 11.5 Å². The third kappa shape index (κ3) is 4.61. The lowest BCUT2D eigenvalue weighted by Crippen LogP contribution is -2.23. The summed E-state index contributed by atoms with van der Waals surface area (Å²) >= 11 is 11.0. The number of hydrogen-bond donors (Lipinski definition) is 3. The zero-order valence-electron chi connectivity index (χ0n) is 11.7. The molecule has 0 aliphatic heterocycles. The van der Waals surface area contributed by atoms with Crippen molar-refractivity contribution < 1.29 is 9.84 Å². The second kappa shape index (κ2) is 7.63. The average Bonchev–Trinajstić information content (AvgIpc) is 2.51. The van der Waals surface area contributed by atoms with Gasteiger partial charge in [0, 0.05) is 16.3 Å². The normalized spacial score (nSPS) is 10.5. The minimum Gasteiger partial charge on any atom is -0.507 e. The molecule has 0 aliphatic carbocycles. The predicted molar refractivity (Wildman–Crippen MR) is 93.1 cm³/mol. The van der Waals surface area contributed by atoms with Gasteiger partial charge < -0.3 is 15.2 Å². The minimum atomic E-state index is 0.0870. The van der Waals surface area contributed by atoms with E-state index < -0.39 is 0 Å². The van der Waals surface area contributed by atoms with Crippen molar-refractivity contribution in [1.82, 2.24) is 5.43 Å². The average molecular weight is 336 g/mol. The van der Waals surface area contributed by atoms with Gasteiger partial charge in [0.15, 0.2) is 5.11 Å². The molecule has 7 heteroatoms. The molecule has 0 unspecified atom stereocenters. The van der Waals surface area contributed by atoms with Gasteiger partial charge in [-0.25, -0.2) is 0 Å². The second-order valence-corrected chi connectivity index (χ2v) is 5.10. The van der Waals surface area contributed by atoms with Gasteiger partial charge in [0.25, 0.3) is 0 Å². The van der Waals surface area contributed by atoms with E-state index in [1.807, 2.05) is 24.3 Å². The summed E-state index contributed by atoms with van der Waals surface area (Å²) in [5, 5.41) is 17.4. The fourth-order valence-corrected chi connectivity index (χ4v) is 1.97. The number of anilines is 1. The Bertz CT molecular complexity index is 690. The van der Waals surface area contributed by atoms with Crippen LogP contribution in [-0.2, 0) is 0 Å². The number of nitrogens with zero attached hydrogens (tertiary/aromatic N) is 1. The molecule has 2 aromatic carbocycles. The molecule has 0 aromatic heterocycles. The largest absolute Gasteiger partial charge is 0.507 e. The first-order chi connectivity index (χ1) is 10.6. The Hall–Kier alpha value is -2.31. The third-order valence-corrected chi connectivity index (χ3v) is 3.14. The number of methoxy groups -OCH3 is 1. The molecule has 114 valence electrons. The molecule has 22 heavy (non-hydrogen) atoms. The van der Waals surface area contributed by atoms with Crippen LogP contribution >= 0.6 is 23.8 Å². The van der Waals surface area contributed by atoms with Crippen molar-refractivity contribution in [3.63, 3.8) is 0 Å². The topological polar surface area (TPSA) is 65.9 Å². The van der Waals surface area contributed by atoms with Crippen molar-refractivity contribution in [2.24, 2.45) is 5.10 Å². The smallest absolute Gasteiger partial charge is 0.191 e. The lowest BCUT2D eigenvalue weighted by Gasteiger charge is -2.07. The highest BCUT2D eigenvalue weighted by molar-refractivity contribution is 7.80. The Kier molecular flexibility index (Phi) is 5.57. The molecule has 0 radical (unpaired) electrons. The fraction of sp³-hybridized carbons (Fsp3) is 0.0667. The Morgan fingerprint density at radius 3 is 2.68 bits per heavy atom. The number of rotatable bonds is 4. The highest BCUT2D eigenvalue weighted by atomic mass is 35.5. The Labute approximate surface area is 138 Å². The van der Waals surface area contributed by atoms with Crippen LogP contribution < -0.4 is 15.5 Å². The molecule has 0 spiro atoms. The lowest BCUT2D eigenvalue weighted by atomic mass is 10.2. The Balaban J connectivity index is 1.91. The zero-order valence-corrected chi connectivity index (χ0v) is 13.3. The number of phenolic OH excluding ortho intramolecular Hbond substituents is 1. The van der Waals surface area contributed by atoms with Gasteiger partial charge in [-0.15, -0.1) is 0 Å². The zero-order chi connectivity index (χ0) is 15.9. The molecule has 2 aromatic rings. The van der Waals surface area contributed by atoms with Gasteiger partial charge in [0.05, 0.1) is 13.3 Å². The standard InChI is InChI=1S/C15H14ClN3O2S/c1-21-13-5-3-12(4-6-13)18-15(22)19-17-9-10-8-11(16)2-7-14(10)20/h2-9,20H,1H3,(H2,18,19,22). The van der Waals surface area contributed by atoms with Gasteiger partial charge in [0.1, 0.15) is 11.5 Å². The molecule has 0 aliphatic rings. The fourth-order valence-electron chi connectivity index (χ4n) is 1.62. The molecule has 0 heterocycles. The lowest BCUT2D eigenvalue weighted by molar-refractivity contribution is 0.415. The third-order valence-electron chi connectivity index (χ3n) is 2.71. The molecule has 0 atom stereocenters. The van der Waals surface area contributed by atoms with E-state index in [-0.39, 0.29) is 5.75 Å². The summed E-state index contributed by atoms with van der Waals surface area (Å²) in [4.78, 5) is 0. The summed E-state index contributed by atoms with van der Waals surface area (Å²) in [7, 11) is 1.61. The molecule has 3 N–H and O–H groups in total. The predicted octanol–water partition coefficient (Wildman–Crippen LogP) is 3.37. The monoisotopic (exact) mass is 335 g/mol. The molecule has 0 amide bonds. The van der Waals surface area contributed by atoms with Crippen molar-refractivity contribution >= 4 is 40.8 Å². The van der Waals surface area contributed by atoms with Crippen LogP contribution in [-0.4, -0.2) is 23.5 Å². The summed E-state index contributed by atoms with van der Waals surface area (Å²) in [5.74, 6) is 0.850. The highest BCUT2D eigenvalue weighted by Gasteiger charge is 2.00. The van der Waals surface area contributed by atoms with Crippen LogP contribution in [0.25, 0.3) is 0 Å². The molecule has 0 fully saturated rings. The van der Waals surface area contributed by atoms with Crippen LogP contribution in [0.4, 0.5) is 5.69 Å². The molecular weight excluding hydrogens is 322 g/mol. The van der Waals surface area contributed by atoms with Crippen LogP contribution in [0.3, 0.4) is 0 Å². The summed E-state index contributed by atoms with van der Waals surface area (Å²) in [6.07, 6.45) is 1.43. The number of hydrogen-bond acceptors (Lipinski definition) is 4. The quantitative estimate of drug-likeness (QED) is 0.454. The Morgan fingerprint density at radius 1 is 1.27 bits per heavy atom. The van der Waals surface area contributed by atoms with Gasteiger partial charge in [-0.3, -0.25) is 5.43 Å². The maximum absolute atomic E-state index is 9.65. The van der Waals surface area contributed by atoms with Crippen LogP contribution in [0, 0.1) is 0 Å². The maximum atomic E-state index is 9.65. The Morgan fingerprint density at radius 2 is 2.00 bits per heavy atom. The van der Waals surface area contributed by atoms with E-state index >= 15 is 0 Å². The summed E-state index contributed by atoms with van der Waals surface area (Å²) in [5.41, 5.74) is 3.96. The van der Waals surface area contributed by atoms with E-state index in [4.69, 9.17) is 28.6 Å². The summed E-state index contributed by atoms with van der Waals surface area (Å²) in [6.45, 7) is 0. The highest BCUT2D eigenvalue weighted by Crippen LogP contribution is 2.19. The van der Waals surface area contributed by atoms with E-state index in [1.54, 1.807) is 19.2 Å². The van der Waals surface area contributed by atoms with Crippen molar-refractivity contribution in [2.75, 3.05) is 12.4 Å². The number of hydrazone groups is 1. The van der Waals surface area contributed by atoms with E-state index in [0.717, 1.165) is 11.4 Å². The molecule has 0 saturated heterocycles. The number of nitrogens with one attached hydrogen (secondary N) is 2. The molecule has 5 nitrogen and oxygen atoms in total. The first-order valence-corrected chi connectivity index (χ1v) is 7.10. The molecular formula is C15H14ClN3O2S. The van der Waals surface area contributed by atoms with Gasteiger partial charge >= 0.3 is 0 Å². The first kappa shape index (κ1) is 16.1. The minimum absolute atomic E-state index is 0.0870. The number of phenols is 1. The number of thiocarbonyl (C=S) groups is 1. The number of benzene rings is 2. The molecule has 2 rings (SSSR count). The number of halogens is 1. The summed E-state index contributed by atoms with van der Waals surface area (Å²) < 4.78 is 5.07.